The van der Waals surface area contributed by atoms with Crippen LogP contribution in [0.4, 0.5) is 0 Å². The van der Waals surface area contributed by atoms with E-state index < -0.39 is 5.97 Å². The molecule has 0 aliphatic carbocycles. The topological polar surface area (TPSA) is 50.2 Å². The molecule has 0 spiro atoms. The minimum Gasteiger partial charge on any atom is -0.477 e. The van der Waals surface area contributed by atoms with Crippen molar-refractivity contribution >= 4 is 29.1 Å². The van der Waals surface area contributed by atoms with E-state index in [0.717, 1.165) is 11.5 Å². The minimum absolute atomic E-state index is 0.213. The third-order valence-electron chi connectivity index (χ3n) is 1.06. The molecule has 54 valence electrons. The summed E-state index contributed by atoms with van der Waals surface area (Å²) in [6.45, 7) is 1.63. The highest BCUT2D eigenvalue weighted by Crippen LogP contribution is 2.21. The zero-order valence-corrected chi connectivity index (χ0v) is 6.66. The average Bonchev–Trinajstić information content (AvgIpc) is 2.14. The van der Waals surface area contributed by atoms with Gasteiger partial charge >= 0.3 is 5.97 Å². The van der Waals surface area contributed by atoms with E-state index in [1.165, 1.54) is 0 Å². The first-order chi connectivity index (χ1) is 4.63. The molecule has 1 heterocycles. The van der Waals surface area contributed by atoms with E-state index in [1.807, 2.05) is 0 Å². The van der Waals surface area contributed by atoms with Crippen molar-refractivity contribution in [3.63, 3.8) is 0 Å². The number of hydrogen-bond donors (Lipinski definition) is 1. The van der Waals surface area contributed by atoms with E-state index in [4.69, 9.17) is 16.7 Å². The van der Waals surface area contributed by atoms with E-state index >= 15 is 0 Å². The first-order valence-electron chi connectivity index (χ1n) is 2.48. The molecule has 0 fully saturated rings. The molecular weight excluding hydrogens is 174 g/mol. The van der Waals surface area contributed by atoms with Crippen molar-refractivity contribution in [2.45, 2.75) is 6.92 Å². The van der Waals surface area contributed by atoms with Crippen LogP contribution < -0.4 is 0 Å². The molecule has 0 amide bonds. The van der Waals surface area contributed by atoms with Gasteiger partial charge in [-0.25, -0.2) is 4.79 Å². The van der Waals surface area contributed by atoms with Gasteiger partial charge in [0, 0.05) is 5.56 Å². The van der Waals surface area contributed by atoms with Gasteiger partial charge in [-0.1, -0.05) is 11.6 Å². The zero-order chi connectivity index (χ0) is 7.72. The van der Waals surface area contributed by atoms with Crippen LogP contribution in [0.3, 0.4) is 0 Å². The number of hydrogen-bond acceptors (Lipinski definition) is 3. The van der Waals surface area contributed by atoms with Crippen LogP contribution in [0.15, 0.2) is 0 Å². The van der Waals surface area contributed by atoms with Crippen LogP contribution in [-0.2, 0) is 0 Å². The molecule has 0 atom stereocenters. The lowest BCUT2D eigenvalue weighted by atomic mass is 10.3. The van der Waals surface area contributed by atoms with Crippen molar-refractivity contribution in [3.05, 3.63) is 15.6 Å². The lowest BCUT2D eigenvalue weighted by molar-refractivity contribution is 0.0701. The number of nitrogens with zero attached hydrogens (tertiary/aromatic N) is 1. The van der Waals surface area contributed by atoms with Gasteiger partial charge in [-0.3, -0.25) is 0 Å². The SMILES string of the molecule is Cc1c(Cl)nsc1C(=O)O. The summed E-state index contributed by atoms with van der Waals surface area (Å²) < 4.78 is 3.66. The standard InChI is InChI=1S/C5H4ClNO2S/c1-2-3(5(8)9)10-7-4(2)6/h1H3,(H,8,9). The summed E-state index contributed by atoms with van der Waals surface area (Å²) in [4.78, 5) is 10.6. The molecule has 1 rings (SSSR count). The first kappa shape index (κ1) is 7.50. The molecule has 10 heavy (non-hydrogen) atoms. The Morgan fingerprint density at radius 2 is 2.40 bits per heavy atom. The Labute approximate surface area is 66.4 Å². The number of carboxylic acid groups (broad SMARTS) is 1. The number of carboxylic acids is 1. The summed E-state index contributed by atoms with van der Waals surface area (Å²) in [5.41, 5.74) is 0.541. The molecule has 1 aromatic rings. The van der Waals surface area contributed by atoms with Crippen LogP contribution in [-0.4, -0.2) is 15.4 Å². The summed E-state index contributed by atoms with van der Waals surface area (Å²) in [7, 11) is 0. The van der Waals surface area contributed by atoms with E-state index in [-0.39, 0.29) is 10.0 Å². The summed E-state index contributed by atoms with van der Waals surface area (Å²) in [5, 5.41) is 8.77. The molecule has 0 bridgehead atoms. The largest absolute Gasteiger partial charge is 0.477 e. The minimum atomic E-state index is -0.970. The molecule has 0 aliphatic heterocycles. The highest BCUT2D eigenvalue weighted by Gasteiger charge is 2.12. The van der Waals surface area contributed by atoms with Crippen molar-refractivity contribution in [1.29, 1.82) is 0 Å². The van der Waals surface area contributed by atoms with Crippen LogP contribution >= 0.6 is 23.1 Å². The Morgan fingerprint density at radius 1 is 1.80 bits per heavy atom. The number of carbonyl (C=O) groups is 1. The van der Waals surface area contributed by atoms with Crippen LogP contribution in [0.1, 0.15) is 15.2 Å². The third kappa shape index (κ3) is 1.12. The molecule has 0 unspecified atom stereocenters. The fraction of sp³-hybridized carbons (Fsp3) is 0.200. The number of halogens is 1. The Hall–Kier alpha value is -0.610. The van der Waals surface area contributed by atoms with Crippen LogP contribution in [0.5, 0.6) is 0 Å². The van der Waals surface area contributed by atoms with E-state index in [2.05, 4.69) is 4.37 Å². The maximum Gasteiger partial charge on any atom is 0.347 e. The molecule has 0 aliphatic rings. The fourth-order valence-electron chi connectivity index (χ4n) is 0.516. The van der Waals surface area contributed by atoms with Crippen molar-refractivity contribution in [2.75, 3.05) is 0 Å². The molecule has 0 saturated heterocycles. The molecule has 0 saturated carbocycles. The molecular formula is C5H4ClNO2S. The maximum absolute atomic E-state index is 10.3. The Bertz CT molecular complexity index is 271. The van der Waals surface area contributed by atoms with E-state index in [9.17, 15) is 4.79 Å². The Balaban J connectivity index is 3.17. The molecule has 0 aromatic carbocycles. The normalized spacial score (nSPS) is 9.80. The van der Waals surface area contributed by atoms with Crippen LogP contribution in [0, 0.1) is 6.92 Å². The number of aromatic nitrogens is 1. The van der Waals surface area contributed by atoms with Gasteiger partial charge in [-0.2, -0.15) is 4.37 Å². The van der Waals surface area contributed by atoms with Gasteiger partial charge in [-0.15, -0.1) is 0 Å². The Morgan fingerprint density at radius 3 is 2.60 bits per heavy atom. The van der Waals surface area contributed by atoms with Gasteiger partial charge in [0.15, 0.2) is 0 Å². The number of aromatic carboxylic acids is 1. The summed E-state index contributed by atoms with van der Waals surface area (Å²) in [6.07, 6.45) is 0. The first-order valence-corrected chi connectivity index (χ1v) is 3.63. The number of rotatable bonds is 1. The lowest BCUT2D eigenvalue weighted by Gasteiger charge is -1.86. The second-order valence-electron chi connectivity index (χ2n) is 1.73. The Kier molecular flexibility index (Phi) is 1.92. The molecule has 0 radical (unpaired) electrons. The highest BCUT2D eigenvalue weighted by atomic mass is 35.5. The molecule has 1 N–H and O–H groups in total. The van der Waals surface area contributed by atoms with Gasteiger partial charge in [-0.05, 0) is 18.5 Å². The van der Waals surface area contributed by atoms with Crippen molar-refractivity contribution in [2.24, 2.45) is 0 Å². The smallest absolute Gasteiger partial charge is 0.347 e. The van der Waals surface area contributed by atoms with Gasteiger partial charge in [0.1, 0.15) is 10.0 Å². The monoisotopic (exact) mass is 177 g/mol. The van der Waals surface area contributed by atoms with Gasteiger partial charge in [0.05, 0.1) is 0 Å². The van der Waals surface area contributed by atoms with Crippen LogP contribution in [0.25, 0.3) is 0 Å². The van der Waals surface area contributed by atoms with E-state index in [1.54, 1.807) is 6.92 Å². The quantitative estimate of drug-likeness (QED) is 0.712. The van der Waals surface area contributed by atoms with Crippen molar-refractivity contribution in [3.8, 4) is 0 Å². The second kappa shape index (κ2) is 2.56. The summed E-state index contributed by atoms with van der Waals surface area (Å²) in [5.74, 6) is -0.970. The third-order valence-corrected chi connectivity index (χ3v) is 2.47. The molecule has 1 aromatic heterocycles. The summed E-state index contributed by atoms with van der Waals surface area (Å²) >= 11 is 6.41. The second-order valence-corrected chi connectivity index (χ2v) is 2.86. The average molecular weight is 178 g/mol. The highest BCUT2D eigenvalue weighted by molar-refractivity contribution is 7.08. The van der Waals surface area contributed by atoms with Crippen molar-refractivity contribution < 1.29 is 9.90 Å². The lowest BCUT2D eigenvalue weighted by Crippen LogP contribution is -1.93. The van der Waals surface area contributed by atoms with Gasteiger partial charge < -0.3 is 5.11 Å². The van der Waals surface area contributed by atoms with E-state index in [0.29, 0.717) is 5.56 Å². The molecule has 3 nitrogen and oxygen atoms in total. The van der Waals surface area contributed by atoms with Gasteiger partial charge in [0.25, 0.3) is 0 Å². The fourth-order valence-corrected chi connectivity index (χ4v) is 1.39. The maximum atomic E-state index is 10.3. The zero-order valence-electron chi connectivity index (χ0n) is 5.09. The van der Waals surface area contributed by atoms with Gasteiger partial charge in [0.2, 0.25) is 0 Å². The summed E-state index contributed by atoms with van der Waals surface area (Å²) in [6, 6.07) is 0. The predicted octanol–water partition coefficient (Wildman–Crippen LogP) is 1.80. The molecule has 5 heteroatoms. The van der Waals surface area contributed by atoms with Crippen molar-refractivity contribution in [1.82, 2.24) is 4.37 Å². The van der Waals surface area contributed by atoms with Crippen LogP contribution in [0.2, 0.25) is 5.15 Å². The predicted molar refractivity (Wildman–Crippen MR) is 38.8 cm³/mol.